The second-order valence-electron chi connectivity index (χ2n) is 5.86. The van der Waals surface area contributed by atoms with E-state index < -0.39 is 11.0 Å². The predicted molar refractivity (Wildman–Crippen MR) is 100 cm³/mol. The van der Waals surface area contributed by atoms with Crippen LogP contribution < -0.4 is 16.0 Å². The Labute approximate surface area is 151 Å². The number of urea groups is 1. The number of hydrogen-bond donors (Lipinski definition) is 3. The van der Waals surface area contributed by atoms with Gasteiger partial charge in [0.25, 0.3) is 5.69 Å². The highest BCUT2D eigenvalue weighted by molar-refractivity contribution is 5.89. The van der Waals surface area contributed by atoms with E-state index >= 15 is 0 Å². The lowest BCUT2D eigenvalue weighted by Crippen LogP contribution is -2.29. The monoisotopic (exact) mass is 358 g/mol. The zero-order valence-corrected chi connectivity index (χ0v) is 14.7. The molecule has 9 nitrogen and oxygen atoms in total. The average molecular weight is 358 g/mol. The maximum atomic E-state index is 12.0. The quantitative estimate of drug-likeness (QED) is 0.493. The van der Waals surface area contributed by atoms with Gasteiger partial charge in [-0.3, -0.25) is 10.1 Å². The lowest BCUT2D eigenvalue weighted by Gasteiger charge is -2.14. The van der Waals surface area contributed by atoms with Crippen LogP contribution in [0.3, 0.4) is 0 Å². The van der Waals surface area contributed by atoms with Crippen LogP contribution >= 0.6 is 0 Å². The summed E-state index contributed by atoms with van der Waals surface area (Å²) in [7, 11) is 3.97. The van der Waals surface area contributed by atoms with Gasteiger partial charge < -0.3 is 20.9 Å². The fraction of sp³-hybridized carbons (Fsp3) is 0.294. The Morgan fingerprint density at radius 1 is 1.27 bits per heavy atom. The van der Waals surface area contributed by atoms with Gasteiger partial charge in [0.05, 0.1) is 4.92 Å². The summed E-state index contributed by atoms with van der Waals surface area (Å²) in [6.07, 6.45) is 1.69. The number of nitro benzene ring substituents is 1. The molecular weight excluding hydrogens is 336 g/mol. The molecule has 0 aliphatic rings. The van der Waals surface area contributed by atoms with Crippen LogP contribution in [0.2, 0.25) is 0 Å². The number of pyridine rings is 1. The smallest absolute Gasteiger partial charge is 0.319 e. The van der Waals surface area contributed by atoms with E-state index in [1.807, 2.05) is 20.2 Å². The molecule has 1 heterocycles. The van der Waals surface area contributed by atoms with Crippen LogP contribution in [0.15, 0.2) is 42.6 Å². The number of non-ortho nitro benzene ring substituents is 1. The van der Waals surface area contributed by atoms with Crippen molar-refractivity contribution in [3.05, 3.63) is 58.3 Å². The molecule has 0 aliphatic heterocycles. The summed E-state index contributed by atoms with van der Waals surface area (Å²) < 4.78 is 0. The molecule has 0 spiro atoms. The summed E-state index contributed by atoms with van der Waals surface area (Å²) >= 11 is 0. The number of nitrogens with zero attached hydrogens (tertiary/aromatic N) is 3. The molecule has 1 aromatic carbocycles. The van der Waals surface area contributed by atoms with Gasteiger partial charge >= 0.3 is 6.03 Å². The Hall–Kier alpha value is -3.20. The molecule has 0 radical (unpaired) electrons. The van der Waals surface area contributed by atoms with E-state index in [9.17, 15) is 14.9 Å². The number of amides is 2. The zero-order chi connectivity index (χ0) is 18.9. The second-order valence-corrected chi connectivity index (χ2v) is 5.86. The average Bonchev–Trinajstić information content (AvgIpc) is 2.61. The van der Waals surface area contributed by atoms with Crippen LogP contribution in [0.25, 0.3) is 0 Å². The number of benzene rings is 1. The van der Waals surface area contributed by atoms with Crippen LogP contribution in [0.4, 0.5) is 22.0 Å². The Bertz CT molecular complexity index is 766. The van der Waals surface area contributed by atoms with E-state index in [2.05, 4.69) is 25.8 Å². The van der Waals surface area contributed by atoms with Gasteiger partial charge in [0.2, 0.25) is 0 Å². The number of likely N-dealkylation sites (N-methyl/N-ethyl adjacent to an activating group) is 1. The van der Waals surface area contributed by atoms with Gasteiger partial charge in [-0.25, -0.2) is 9.78 Å². The molecule has 0 fully saturated rings. The SMILES string of the molecule is CN(C)CCNc1ncccc1CNC(=O)Nc1cccc([N+](=O)[O-])c1. The van der Waals surface area contributed by atoms with E-state index in [1.54, 1.807) is 18.3 Å². The Morgan fingerprint density at radius 2 is 2.08 bits per heavy atom. The molecule has 2 amide bonds. The fourth-order valence-corrected chi connectivity index (χ4v) is 2.19. The minimum Gasteiger partial charge on any atom is -0.369 e. The normalized spacial score (nSPS) is 10.4. The summed E-state index contributed by atoms with van der Waals surface area (Å²) in [6, 6.07) is 8.99. The highest BCUT2D eigenvalue weighted by Crippen LogP contribution is 2.17. The van der Waals surface area contributed by atoms with Crippen LogP contribution in [-0.4, -0.2) is 48.0 Å². The molecule has 138 valence electrons. The van der Waals surface area contributed by atoms with Crippen molar-refractivity contribution < 1.29 is 9.72 Å². The number of rotatable bonds is 8. The van der Waals surface area contributed by atoms with Crippen molar-refractivity contribution in [2.75, 3.05) is 37.8 Å². The summed E-state index contributed by atoms with van der Waals surface area (Å²) in [4.78, 5) is 28.7. The molecule has 2 rings (SSSR count). The Morgan fingerprint density at radius 3 is 2.81 bits per heavy atom. The van der Waals surface area contributed by atoms with Gasteiger partial charge in [0.15, 0.2) is 0 Å². The lowest BCUT2D eigenvalue weighted by molar-refractivity contribution is -0.384. The van der Waals surface area contributed by atoms with Gasteiger partial charge in [-0.05, 0) is 26.2 Å². The summed E-state index contributed by atoms with van der Waals surface area (Å²) in [5, 5.41) is 19.3. The van der Waals surface area contributed by atoms with Gasteiger partial charge in [0.1, 0.15) is 5.82 Å². The maximum absolute atomic E-state index is 12.0. The van der Waals surface area contributed by atoms with Crippen molar-refractivity contribution in [1.82, 2.24) is 15.2 Å². The van der Waals surface area contributed by atoms with E-state index in [1.165, 1.54) is 18.2 Å². The first kappa shape index (κ1) is 19.1. The molecule has 2 aromatic rings. The molecule has 9 heteroatoms. The number of aromatic nitrogens is 1. The number of nitrogens with one attached hydrogen (secondary N) is 3. The molecule has 3 N–H and O–H groups in total. The van der Waals surface area contributed by atoms with Crippen LogP contribution in [0, 0.1) is 10.1 Å². The van der Waals surface area contributed by atoms with Crippen molar-refractivity contribution in [2.45, 2.75) is 6.54 Å². The largest absolute Gasteiger partial charge is 0.369 e. The molecule has 0 bridgehead atoms. The fourth-order valence-electron chi connectivity index (χ4n) is 2.19. The van der Waals surface area contributed by atoms with Crippen LogP contribution in [-0.2, 0) is 6.54 Å². The van der Waals surface area contributed by atoms with Crippen molar-refractivity contribution >= 4 is 23.2 Å². The van der Waals surface area contributed by atoms with Crippen LogP contribution in [0.1, 0.15) is 5.56 Å². The first-order valence-electron chi connectivity index (χ1n) is 8.07. The molecule has 0 aliphatic carbocycles. The molecule has 1 aromatic heterocycles. The predicted octanol–water partition coefficient (Wildman–Crippen LogP) is 2.28. The van der Waals surface area contributed by atoms with Gasteiger partial charge in [-0.2, -0.15) is 0 Å². The molecule has 0 unspecified atom stereocenters. The standard InChI is InChI=1S/C17H22N6O3/c1-22(2)10-9-19-16-13(5-4-8-18-16)12-20-17(24)21-14-6-3-7-15(11-14)23(25)26/h3-8,11H,9-10,12H2,1-2H3,(H,18,19)(H2,20,21,24). The van der Waals surface area contributed by atoms with Gasteiger partial charge in [0, 0.05) is 49.2 Å². The topological polar surface area (TPSA) is 112 Å². The number of carbonyl (C=O) groups is 1. The molecule has 0 atom stereocenters. The minimum absolute atomic E-state index is 0.0811. The first-order valence-corrected chi connectivity index (χ1v) is 8.07. The third kappa shape index (κ3) is 6.02. The van der Waals surface area contributed by atoms with Crippen molar-refractivity contribution in [1.29, 1.82) is 0 Å². The van der Waals surface area contributed by atoms with Crippen molar-refractivity contribution in [3.63, 3.8) is 0 Å². The summed E-state index contributed by atoms with van der Waals surface area (Å²) in [5.41, 5.74) is 1.12. The molecule has 0 saturated heterocycles. The minimum atomic E-state index is -0.510. The summed E-state index contributed by atoms with van der Waals surface area (Å²) in [5.74, 6) is 0.713. The van der Waals surface area contributed by atoms with Crippen molar-refractivity contribution in [2.24, 2.45) is 0 Å². The molecular formula is C17H22N6O3. The number of carbonyl (C=O) groups excluding carboxylic acids is 1. The maximum Gasteiger partial charge on any atom is 0.319 e. The highest BCUT2D eigenvalue weighted by atomic mass is 16.6. The highest BCUT2D eigenvalue weighted by Gasteiger charge is 2.09. The van der Waals surface area contributed by atoms with Crippen LogP contribution in [0.5, 0.6) is 0 Å². The van der Waals surface area contributed by atoms with E-state index in [4.69, 9.17) is 0 Å². The van der Waals surface area contributed by atoms with Gasteiger partial charge in [-0.15, -0.1) is 0 Å². The van der Waals surface area contributed by atoms with E-state index in [0.717, 1.165) is 18.7 Å². The molecule has 26 heavy (non-hydrogen) atoms. The first-order chi connectivity index (χ1) is 12.5. The number of hydrogen-bond acceptors (Lipinski definition) is 6. The lowest BCUT2D eigenvalue weighted by atomic mass is 10.2. The summed E-state index contributed by atoms with van der Waals surface area (Å²) in [6.45, 7) is 1.87. The second kappa shape index (κ2) is 9.33. The number of anilines is 2. The third-order valence-electron chi connectivity index (χ3n) is 3.50. The molecule has 0 saturated carbocycles. The number of nitro groups is 1. The Balaban J connectivity index is 1.91. The van der Waals surface area contributed by atoms with Gasteiger partial charge in [-0.1, -0.05) is 12.1 Å². The van der Waals surface area contributed by atoms with E-state index in [-0.39, 0.29) is 12.2 Å². The van der Waals surface area contributed by atoms with E-state index in [0.29, 0.717) is 11.5 Å². The van der Waals surface area contributed by atoms with Crippen molar-refractivity contribution in [3.8, 4) is 0 Å². The Kier molecular flexibility index (Phi) is 6.86. The zero-order valence-electron chi connectivity index (χ0n) is 14.7. The third-order valence-corrected chi connectivity index (χ3v) is 3.50.